The van der Waals surface area contributed by atoms with E-state index in [1.54, 1.807) is 0 Å². The molecular formula is C51H34O. The van der Waals surface area contributed by atoms with Gasteiger partial charge in [0.2, 0.25) is 0 Å². The smallest absolute Gasteiger partial charge is 0.136 e. The molecule has 1 heterocycles. The van der Waals surface area contributed by atoms with Gasteiger partial charge in [-0.3, -0.25) is 0 Å². The molecule has 0 fully saturated rings. The monoisotopic (exact) mass is 670 g/mol. The minimum absolute atomic E-state index is 0.194. The van der Waals surface area contributed by atoms with Gasteiger partial charge in [-0.1, -0.05) is 159 Å². The highest BCUT2D eigenvalue weighted by Crippen LogP contribution is 2.51. The van der Waals surface area contributed by atoms with Crippen molar-refractivity contribution in [3.05, 3.63) is 181 Å². The molecular weight excluding hydrogens is 629 g/mol. The summed E-state index contributed by atoms with van der Waals surface area (Å²) in [4.78, 5) is 0. The summed E-state index contributed by atoms with van der Waals surface area (Å²) >= 11 is 0. The quantitative estimate of drug-likeness (QED) is 0.171. The Morgan fingerprint density at radius 3 is 1.71 bits per heavy atom. The maximum absolute atomic E-state index is 9.44. The van der Waals surface area contributed by atoms with E-state index in [0.717, 1.165) is 60.5 Å². The van der Waals surface area contributed by atoms with Gasteiger partial charge in [0.15, 0.2) is 0 Å². The minimum Gasteiger partial charge on any atom is -0.456 e. The molecule has 0 radical (unpaired) electrons. The zero-order valence-corrected chi connectivity index (χ0v) is 28.5. The summed E-state index contributed by atoms with van der Waals surface area (Å²) in [6, 6.07) is 37.4. The second kappa shape index (κ2) is 10.8. The lowest BCUT2D eigenvalue weighted by atomic mass is 9.80. The van der Waals surface area contributed by atoms with Crippen LogP contribution in [-0.4, -0.2) is 0 Å². The first-order valence-corrected chi connectivity index (χ1v) is 17.5. The topological polar surface area (TPSA) is 13.1 Å². The Labute approximate surface area is 313 Å². The third kappa shape index (κ3) is 4.11. The summed E-state index contributed by atoms with van der Waals surface area (Å²) in [6.45, 7) is 4.31. The Kier molecular flexibility index (Phi) is 4.64. The van der Waals surface area contributed by atoms with Gasteiger partial charge >= 0.3 is 0 Å². The van der Waals surface area contributed by atoms with E-state index < -0.39 is 29.6 Å². The van der Waals surface area contributed by atoms with Crippen LogP contribution < -0.4 is 0 Å². The molecule has 244 valence electrons. The van der Waals surface area contributed by atoms with Crippen LogP contribution in [0.1, 0.15) is 35.9 Å². The lowest BCUT2D eigenvalue weighted by molar-refractivity contribution is 0.660. The van der Waals surface area contributed by atoms with Crippen LogP contribution in [0.15, 0.2) is 174 Å². The fraction of sp³-hybridized carbons (Fsp3) is 0.0588. The molecule has 0 saturated heterocycles. The molecule has 0 amide bonds. The Morgan fingerprint density at radius 1 is 0.442 bits per heavy atom. The molecule has 0 aliphatic heterocycles. The van der Waals surface area contributed by atoms with Crippen molar-refractivity contribution in [1.82, 2.24) is 0 Å². The SMILES string of the molecule is [2H]c1c([2H])c([2H])c2c(-c3ccc4c(c3)C(C)(C)c3ccccc3-4)c3c([2H])c([2H])c([2H])c([2H])c3c(-c3ccc(-c4cccc5oc6cc7ccccc7cc6c45)cc3)c2c1[2H]. The molecule has 52 heavy (non-hydrogen) atoms. The summed E-state index contributed by atoms with van der Waals surface area (Å²) in [6.07, 6.45) is 0. The predicted molar refractivity (Wildman–Crippen MR) is 220 cm³/mol. The zero-order valence-electron chi connectivity index (χ0n) is 36.5. The number of fused-ring (bicyclic) bond motifs is 9. The fourth-order valence-corrected chi connectivity index (χ4v) is 8.63. The maximum Gasteiger partial charge on any atom is 0.136 e. The molecule has 0 atom stereocenters. The van der Waals surface area contributed by atoms with E-state index in [4.69, 9.17) is 9.90 Å². The first-order chi connectivity index (χ1) is 28.9. The highest BCUT2D eigenvalue weighted by Gasteiger charge is 2.35. The Hall–Kier alpha value is -6.44. The Balaban J connectivity index is 1.21. The summed E-state index contributed by atoms with van der Waals surface area (Å²) in [5.74, 6) is 0. The molecule has 0 saturated carbocycles. The minimum atomic E-state index is -0.423. The summed E-state index contributed by atoms with van der Waals surface area (Å²) in [5, 5.41) is 4.93. The fourth-order valence-electron chi connectivity index (χ4n) is 8.63. The van der Waals surface area contributed by atoms with Crippen LogP contribution in [0.5, 0.6) is 0 Å². The van der Waals surface area contributed by atoms with Crippen molar-refractivity contribution < 1.29 is 15.4 Å². The maximum atomic E-state index is 9.44. The highest BCUT2D eigenvalue weighted by atomic mass is 16.3. The highest BCUT2D eigenvalue weighted by molar-refractivity contribution is 6.22. The average Bonchev–Trinajstić information content (AvgIpc) is 3.74. The first kappa shape index (κ1) is 22.4. The second-order valence-corrected chi connectivity index (χ2v) is 14.2. The molecule has 0 bridgehead atoms. The van der Waals surface area contributed by atoms with Crippen LogP contribution >= 0.6 is 0 Å². The molecule has 1 nitrogen and oxygen atoms in total. The number of furan rings is 1. The molecule has 0 spiro atoms. The van der Waals surface area contributed by atoms with E-state index in [1.807, 2.05) is 84.9 Å². The van der Waals surface area contributed by atoms with E-state index in [1.165, 1.54) is 5.56 Å². The first-order valence-electron chi connectivity index (χ1n) is 21.5. The Morgan fingerprint density at radius 2 is 1.00 bits per heavy atom. The molecule has 11 rings (SSSR count). The molecule has 9 aromatic carbocycles. The van der Waals surface area contributed by atoms with Gasteiger partial charge in [-0.2, -0.15) is 0 Å². The summed E-state index contributed by atoms with van der Waals surface area (Å²) in [5.41, 5.74) is 9.16. The van der Waals surface area contributed by atoms with Gasteiger partial charge in [0.05, 0.1) is 11.0 Å². The van der Waals surface area contributed by atoms with Crippen LogP contribution in [0, 0.1) is 0 Å². The van der Waals surface area contributed by atoms with Crippen molar-refractivity contribution >= 4 is 54.3 Å². The van der Waals surface area contributed by atoms with Crippen molar-refractivity contribution in [2.75, 3.05) is 0 Å². The van der Waals surface area contributed by atoms with Crippen LogP contribution in [0.4, 0.5) is 0 Å². The lowest BCUT2D eigenvalue weighted by Crippen LogP contribution is -2.14. The van der Waals surface area contributed by atoms with Gasteiger partial charge < -0.3 is 4.42 Å². The molecule has 0 N–H and O–H groups in total. The molecule has 1 aliphatic rings. The third-order valence-corrected chi connectivity index (χ3v) is 11.1. The van der Waals surface area contributed by atoms with Crippen LogP contribution in [0.3, 0.4) is 0 Å². The van der Waals surface area contributed by atoms with E-state index in [0.29, 0.717) is 22.3 Å². The lowest BCUT2D eigenvalue weighted by Gasteiger charge is -2.23. The number of hydrogen-bond acceptors (Lipinski definition) is 1. The second-order valence-electron chi connectivity index (χ2n) is 14.2. The molecule has 1 heteroatoms. The zero-order chi connectivity index (χ0) is 41.5. The molecule has 1 aliphatic carbocycles. The van der Waals surface area contributed by atoms with Crippen molar-refractivity contribution in [2.24, 2.45) is 0 Å². The largest absolute Gasteiger partial charge is 0.456 e. The number of benzene rings is 9. The van der Waals surface area contributed by atoms with Crippen LogP contribution in [0.25, 0.3) is 98.8 Å². The predicted octanol–water partition coefficient (Wildman–Crippen LogP) is 14.4. The van der Waals surface area contributed by atoms with E-state index in [9.17, 15) is 5.48 Å². The molecule has 10 aromatic rings. The van der Waals surface area contributed by atoms with Gasteiger partial charge in [-0.25, -0.2) is 0 Å². The number of rotatable bonds is 3. The van der Waals surface area contributed by atoms with Crippen molar-refractivity contribution in [1.29, 1.82) is 0 Å². The average molecular weight is 671 g/mol. The normalized spacial score (nSPS) is 15.5. The van der Waals surface area contributed by atoms with Gasteiger partial charge in [0.25, 0.3) is 0 Å². The molecule has 1 aromatic heterocycles. The third-order valence-electron chi connectivity index (χ3n) is 11.1. The van der Waals surface area contributed by atoms with Gasteiger partial charge in [0.1, 0.15) is 11.2 Å². The van der Waals surface area contributed by atoms with Crippen LogP contribution in [0.2, 0.25) is 0 Å². The van der Waals surface area contributed by atoms with E-state index >= 15 is 0 Å². The molecule has 0 unspecified atom stereocenters. The van der Waals surface area contributed by atoms with E-state index in [-0.39, 0.29) is 45.7 Å². The van der Waals surface area contributed by atoms with Crippen molar-refractivity contribution in [3.63, 3.8) is 0 Å². The Bertz CT molecular complexity index is 3470. The van der Waals surface area contributed by atoms with Crippen molar-refractivity contribution in [2.45, 2.75) is 19.3 Å². The van der Waals surface area contributed by atoms with Gasteiger partial charge in [-0.15, -0.1) is 0 Å². The van der Waals surface area contributed by atoms with Gasteiger partial charge in [0, 0.05) is 16.2 Å². The van der Waals surface area contributed by atoms with Gasteiger partial charge in [-0.05, 0) is 112 Å². The van der Waals surface area contributed by atoms with Crippen molar-refractivity contribution in [3.8, 4) is 44.5 Å². The van der Waals surface area contributed by atoms with Crippen LogP contribution in [-0.2, 0) is 5.41 Å². The number of hydrogen-bond donors (Lipinski definition) is 0. The summed E-state index contributed by atoms with van der Waals surface area (Å²) in [7, 11) is 0. The van der Waals surface area contributed by atoms with E-state index in [2.05, 4.69) is 50.2 Å². The standard InChI is InChI=1S/C51H34O/c1-51(2)44-20-10-9-14-37(44)38-27-26-35(29-45(38)51)49-41-17-7-5-15-39(41)48(40-16-6-8-18-42(40)49)32-24-22-31(23-25-32)36-19-11-21-46-50(36)43-28-33-12-3-4-13-34(33)30-47(43)52-46/h3-30H,1-2H3/i5D,6D,7D,8D,15D,16D,17D,18D. The summed E-state index contributed by atoms with van der Waals surface area (Å²) < 4.78 is 79.6.